The molecule has 0 N–H and O–H groups in total. The quantitative estimate of drug-likeness (QED) is 0.481. The number of rotatable bonds is 5. The van der Waals surface area contributed by atoms with Gasteiger partial charge in [0, 0.05) is 0 Å². The van der Waals surface area contributed by atoms with Crippen LogP contribution in [0.2, 0.25) is 5.15 Å². The second-order valence-corrected chi connectivity index (χ2v) is 4.22. The minimum atomic E-state index is -0.524. The number of benzene rings is 1. The smallest absolute Gasteiger partial charge is 0.314 e. The Morgan fingerprint density at radius 3 is 2.80 bits per heavy atom. The second kappa shape index (κ2) is 6.21. The van der Waals surface area contributed by atoms with E-state index >= 15 is 0 Å². The van der Waals surface area contributed by atoms with Crippen molar-refractivity contribution in [3.63, 3.8) is 0 Å². The van der Waals surface area contributed by atoms with Crippen LogP contribution in [0, 0.1) is 10.1 Å². The van der Waals surface area contributed by atoms with E-state index in [1.807, 2.05) is 0 Å². The van der Waals surface area contributed by atoms with Gasteiger partial charge in [-0.15, -0.1) is 0 Å². The molecule has 1 aromatic carbocycles. The van der Waals surface area contributed by atoms with Crippen molar-refractivity contribution in [3.05, 3.63) is 57.4 Å². The normalized spacial score (nSPS) is 10.1. The molecule has 2 rings (SSSR count). The summed E-state index contributed by atoms with van der Waals surface area (Å²) in [5.74, 6) is 0.544. The molecule has 0 aliphatic rings. The van der Waals surface area contributed by atoms with E-state index < -0.39 is 4.92 Å². The van der Waals surface area contributed by atoms with Gasteiger partial charge >= 0.3 is 5.69 Å². The van der Waals surface area contributed by atoms with E-state index in [0.29, 0.717) is 16.6 Å². The number of pyridine rings is 1. The Hall–Kier alpha value is -2.34. The summed E-state index contributed by atoms with van der Waals surface area (Å²) in [6.45, 7) is 0.171. The molecule has 0 bridgehead atoms. The lowest BCUT2D eigenvalue weighted by molar-refractivity contribution is -0.385. The van der Waals surface area contributed by atoms with Crippen LogP contribution in [0.4, 0.5) is 5.69 Å². The van der Waals surface area contributed by atoms with Crippen molar-refractivity contribution in [1.82, 2.24) is 4.98 Å². The fourth-order valence-electron chi connectivity index (χ4n) is 1.59. The third-order valence-electron chi connectivity index (χ3n) is 2.51. The highest BCUT2D eigenvalue weighted by Gasteiger charge is 2.15. The lowest BCUT2D eigenvalue weighted by Crippen LogP contribution is -1.99. The Balaban J connectivity index is 2.14. The lowest BCUT2D eigenvalue weighted by Gasteiger charge is -2.07. The number of methoxy groups -OCH3 is 1. The van der Waals surface area contributed by atoms with Crippen molar-refractivity contribution in [2.75, 3.05) is 7.11 Å². The molecule has 20 heavy (non-hydrogen) atoms. The SMILES string of the molecule is COc1ccc(OCc2cccc(Cl)n2)cc1[N+](=O)[O-]. The van der Waals surface area contributed by atoms with Crippen LogP contribution in [0.1, 0.15) is 5.69 Å². The zero-order valence-corrected chi connectivity index (χ0v) is 11.3. The van der Waals surface area contributed by atoms with Crippen LogP contribution in [-0.4, -0.2) is 17.0 Å². The third-order valence-corrected chi connectivity index (χ3v) is 2.72. The second-order valence-electron chi connectivity index (χ2n) is 3.83. The lowest BCUT2D eigenvalue weighted by atomic mass is 10.3. The number of hydrogen-bond acceptors (Lipinski definition) is 5. The van der Waals surface area contributed by atoms with Gasteiger partial charge in [0.25, 0.3) is 0 Å². The van der Waals surface area contributed by atoms with E-state index in [4.69, 9.17) is 21.1 Å². The monoisotopic (exact) mass is 294 g/mol. The molecule has 0 saturated carbocycles. The molecule has 0 amide bonds. The van der Waals surface area contributed by atoms with Gasteiger partial charge in [-0.1, -0.05) is 17.7 Å². The molecule has 2 aromatic rings. The van der Waals surface area contributed by atoms with Crippen LogP contribution in [0.15, 0.2) is 36.4 Å². The standard InChI is InChI=1S/C13H11ClN2O4/c1-19-12-6-5-10(7-11(12)16(17)18)20-8-9-3-2-4-13(14)15-9/h2-7H,8H2,1H3. The first-order valence-electron chi connectivity index (χ1n) is 5.67. The fourth-order valence-corrected chi connectivity index (χ4v) is 1.77. The van der Waals surface area contributed by atoms with Crippen molar-refractivity contribution in [3.8, 4) is 11.5 Å². The molecule has 0 atom stereocenters. The number of nitro groups is 1. The Kier molecular flexibility index (Phi) is 4.37. The van der Waals surface area contributed by atoms with E-state index in [0.717, 1.165) is 0 Å². The van der Waals surface area contributed by atoms with E-state index in [1.165, 1.54) is 19.2 Å². The predicted molar refractivity (Wildman–Crippen MR) is 73.2 cm³/mol. The molecule has 0 fully saturated rings. The minimum absolute atomic E-state index is 0.149. The fraction of sp³-hybridized carbons (Fsp3) is 0.154. The van der Waals surface area contributed by atoms with Gasteiger partial charge in [-0.25, -0.2) is 4.98 Å². The van der Waals surface area contributed by atoms with Crippen LogP contribution in [0.5, 0.6) is 11.5 Å². The first-order valence-corrected chi connectivity index (χ1v) is 6.04. The maximum absolute atomic E-state index is 10.9. The molecule has 104 valence electrons. The largest absolute Gasteiger partial charge is 0.490 e. The number of nitro benzene ring substituents is 1. The van der Waals surface area contributed by atoms with Crippen LogP contribution in [0.25, 0.3) is 0 Å². The number of aromatic nitrogens is 1. The highest BCUT2D eigenvalue weighted by Crippen LogP contribution is 2.31. The maximum atomic E-state index is 10.9. The molecular weight excluding hydrogens is 284 g/mol. The summed E-state index contributed by atoms with van der Waals surface area (Å²) in [5.41, 5.74) is 0.486. The van der Waals surface area contributed by atoms with Crippen molar-refractivity contribution < 1.29 is 14.4 Å². The summed E-state index contributed by atoms with van der Waals surface area (Å²) in [6, 6.07) is 9.55. The van der Waals surface area contributed by atoms with Gasteiger partial charge < -0.3 is 9.47 Å². The van der Waals surface area contributed by atoms with E-state index in [2.05, 4.69) is 4.98 Å². The summed E-state index contributed by atoms with van der Waals surface area (Å²) >= 11 is 5.76. The first-order chi connectivity index (χ1) is 9.60. The van der Waals surface area contributed by atoms with Gasteiger partial charge in [0.1, 0.15) is 17.5 Å². The predicted octanol–water partition coefficient (Wildman–Crippen LogP) is 3.23. The minimum Gasteiger partial charge on any atom is -0.490 e. The molecule has 0 aliphatic heterocycles. The van der Waals surface area contributed by atoms with Crippen LogP contribution >= 0.6 is 11.6 Å². The van der Waals surface area contributed by atoms with E-state index in [1.54, 1.807) is 24.3 Å². The van der Waals surface area contributed by atoms with Crippen molar-refractivity contribution in [2.24, 2.45) is 0 Å². The summed E-state index contributed by atoms with van der Waals surface area (Å²) in [5, 5.41) is 11.3. The van der Waals surface area contributed by atoms with Gasteiger partial charge in [0.05, 0.1) is 23.8 Å². The van der Waals surface area contributed by atoms with Crippen LogP contribution < -0.4 is 9.47 Å². The summed E-state index contributed by atoms with van der Waals surface area (Å²) < 4.78 is 10.4. The number of ether oxygens (including phenoxy) is 2. The number of halogens is 1. The van der Waals surface area contributed by atoms with Gasteiger partial charge in [-0.05, 0) is 24.3 Å². The summed E-state index contributed by atoms with van der Waals surface area (Å²) in [6.07, 6.45) is 0. The average Bonchev–Trinajstić information content (AvgIpc) is 2.45. The third kappa shape index (κ3) is 3.36. The highest BCUT2D eigenvalue weighted by atomic mass is 35.5. The van der Waals surface area contributed by atoms with E-state index in [9.17, 15) is 10.1 Å². The molecule has 0 radical (unpaired) electrons. The maximum Gasteiger partial charge on any atom is 0.314 e. The molecule has 7 heteroatoms. The zero-order valence-electron chi connectivity index (χ0n) is 10.6. The average molecular weight is 295 g/mol. The number of hydrogen-bond donors (Lipinski definition) is 0. The van der Waals surface area contributed by atoms with Crippen LogP contribution in [-0.2, 0) is 6.61 Å². The Labute approximate surface area is 120 Å². The summed E-state index contributed by atoms with van der Waals surface area (Å²) in [7, 11) is 1.37. The molecule has 1 heterocycles. The van der Waals surface area contributed by atoms with Gasteiger partial charge in [0.15, 0.2) is 5.75 Å². The van der Waals surface area contributed by atoms with Gasteiger partial charge in [-0.3, -0.25) is 10.1 Å². The molecule has 0 saturated heterocycles. The Bertz CT molecular complexity index is 634. The molecule has 0 unspecified atom stereocenters. The highest BCUT2D eigenvalue weighted by molar-refractivity contribution is 6.29. The zero-order chi connectivity index (χ0) is 14.5. The van der Waals surface area contributed by atoms with Crippen molar-refractivity contribution >= 4 is 17.3 Å². The molecular formula is C13H11ClN2O4. The van der Waals surface area contributed by atoms with Gasteiger partial charge in [-0.2, -0.15) is 0 Å². The molecule has 0 aliphatic carbocycles. The van der Waals surface area contributed by atoms with Crippen LogP contribution in [0.3, 0.4) is 0 Å². The topological polar surface area (TPSA) is 74.5 Å². The number of nitrogens with zero attached hydrogens (tertiary/aromatic N) is 2. The van der Waals surface area contributed by atoms with Crippen molar-refractivity contribution in [2.45, 2.75) is 6.61 Å². The first kappa shape index (κ1) is 14.1. The Morgan fingerprint density at radius 2 is 2.15 bits per heavy atom. The molecule has 0 spiro atoms. The molecule has 1 aromatic heterocycles. The molecule has 6 nitrogen and oxygen atoms in total. The Morgan fingerprint density at radius 1 is 1.35 bits per heavy atom. The van der Waals surface area contributed by atoms with E-state index in [-0.39, 0.29) is 18.0 Å². The van der Waals surface area contributed by atoms with Gasteiger partial charge in [0.2, 0.25) is 0 Å². The van der Waals surface area contributed by atoms with Crippen molar-refractivity contribution in [1.29, 1.82) is 0 Å². The summed E-state index contributed by atoms with van der Waals surface area (Å²) in [4.78, 5) is 14.4.